The van der Waals surface area contributed by atoms with E-state index in [1.54, 1.807) is 0 Å². The summed E-state index contributed by atoms with van der Waals surface area (Å²) in [6.07, 6.45) is 0. The summed E-state index contributed by atoms with van der Waals surface area (Å²) < 4.78 is 13.4. The molecule has 0 bridgehead atoms. The number of furan rings is 2. The molecule has 386 valence electrons. The van der Waals surface area contributed by atoms with Gasteiger partial charge in [0.25, 0.3) is 0 Å². The lowest BCUT2D eigenvalue weighted by atomic mass is 9.92. The molecule has 0 unspecified atom stereocenters. The number of benzene rings is 13. The highest BCUT2D eigenvalue weighted by atomic mass is 16.3. The van der Waals surface area contributed by atoms with Crippen molar-refractivity contribution < 1.29 is 8.83 Å². The van der Waals surface area contributed by atoms with Crippen LogP contribution in [-0.4, -0.2) is 0 Å². The maximum absolute atomic E-state index is 6.71. The van der Waals surface area contributed by atoms with Crippen molar-refractivity contribution >= 4 is 78.0 Å². The van der Waals surface area contributed by atoms with Crippen LogP contribution in [0.15, 0.2) is 324 Å². The SMILES string of the molecule is c1ccc(-c2ccc(N(c3ccc(-c4ccccc4)cc3)c3cc(N(c4ccc(-c5ccccc5)cc4)c4ccc(-c5ccccc5)cc4)c(-c4ccc5c(c4)oc4ccccc45)cc3-c3ccc4c(c3)oc3ccccc34)cc2)cc1. The summed E-state index contributed by atoms with van der Waals surface area (Å²) in [6.45, 7) is 0. The molecule has 0 amide bonds. The Kier molecular flexibility index (Phi) is 12.2. The largest absolute Gasteiger partial charge is 0.456 e. The van der Waals surface area contributed by atoms with Crippen molar-refractivity contribution in [2.45, 2.75) is 0 Å². The second-order valence-corrected chi connectivity index (χ2v) is 20.8. The molecule has 4 heteroatoms. The summed E-state index contributed by atoms with van der Waals surface area (Å²) in [4.78, 5) is 4.85. The third-order valence-corrected chi connectivity index (χ3v) is 15.9. The highest BCUT2D eigenvalue weighted by Gasteiger charge is 2.27. The summed E-state index contributed by atoms with van der Waals surface area (Å²) in [6, 6.07) is 113. The van der Waals surface area contributed by atoms with E-state index in [-0.39, 0.29) is 0 Å². The van der Waals surface area contributed by atoms with E-state index in [0.717, 1.165) is 145 Å². The Balaban J connectivity index is 1.03. The van der Waals surface area contributed by atoms with Crippen LogP contribution in [0, 0.1) is 0 Å². The lowest BCUT2D eigenvalue weighted by molar-refractivity contribution is 0.668. The van der Waals surface area contributed by atoms with E-state index >= 15 is 0 Å². The van der Waals surface area contributed by atoms with E-state index in [4.69, 9.17) is 8.83 Å². The molecule has 2 aromatic heterocycles. The Bertz CT molecular complexity index is 4270. The van der Waals surface area contributed by atoms with Gasteiger partial charge in [-0.1, -0.05) is 218 Å². The van der Waals surface area contributed by atoms with E-state index in [1.807, 2.05) is 12.1 Å². The van der Waals surface area contributed by atoms with Gasteiger partial charge in [-0.15, -0.1) is 0 Å². The van der Waals surface area contributed by atoms with Gasteiger partial charge in [0.05, 0.1) is 11.4 Å². The van der Waals surface area contributed by atoms with Crippen LogP contribution in [0.3, 0.4) is 0 Å². The topological polar surface area (TPSA) is 32.8 Å². The van der Waals surface area contributed by atoms with Crippen molar-refractivity contribution in [1.82, 2.24) is 0 Å². The van der Waals surface area contributed by atoms with Crippen LogP contribution in [0.4, 0.5) is 34.1 Å². The minimum absolute atomic E-state index is 0.823. The van der Waals surface area contributed by atoms with Gasteiger partial charge >= 0.3 is 0 Å². The van der Waals surface area contributed by atoms with Crippen molar-refractivity contribution in [3.8, 4) is 66.8 Å². The van der Waals surface area contributed by atoms with Gasteiger partial charge in [0.15, 0.2) is 0 Å². The van der Waals surface area contributed by atoms with E-state index in [1.165, 1.54) is 0 Å². The summed E-state index contributed by atoms with van der Waals surface area (Å²) in [5, 5.41) is 4.32. The lowest BCUT2D eigenvalue weighted by Gasteiger charge is -2.33. The fraction of sp³-hybridized carbons (Fsp3) is 0. The Hall–Kier alpha value is -10.9. The Morgan fingerprint density at radius 3 is 0.756 bits per heavy atom. The monoisotopic (exact) mass is 1050 g/mol. The molecule has 0 aliphatic rings. The van der Waals surface area contributed by atoms with Crippen molar-refractivity contribution in [2.75, 3.05) is 9.80 Å². The first-order valence-corrected chi connectivity index (χ1v) is 27.9. The van der Waals surface area contributed by atoms with Crippen LogP contribution in [0.5, 0.6) is 0 Å². The number of fused-ring (bicyclic) bond motifs is 6. The lowest BCUT2D eigenvalue weighted by Crippen LogP contribution is -2.15. The molecule has 0 saturated heterocycles. The number of nitrogens with zero attached hydrogens (tertiary/aromatic N) is 2. The fourth-order valence-electron chi connectivity index (χ4n) is 11.8. The number of rotatable bonds is 12. The van der Waals surface area contributed by atoms with E-state index in [2.05, 4.69) is 313 Å². The van der Waals surface area contributed by atoms with Gasteiger partial charge in [0.1, 0.15) is 22.3 Å². The minimum Gasteiger partial charge on any atom is -0.456 e. The average Bonchev–Trinajstić information content (AvgIpc) is 4.30. The quantitative estimate of drug-likeness (QED) is 0.122. The van der Waals surface area contributed by atoms with E-state index < -0.39 is 0 Å². The average molecular weight is 1050 g/mol. The number of para-hydroxylation sites is 2. The molecule has 0 fully saturated rings. The van der Waals surface area contributed by atoms with Gasteiger partial charge in [-0.25, -0.2) is 0 Å². The molecule has 0 aliphatic heterocycles. The third kappa shape index (κ3) is 8.95. The third-order valence-electron chi connectivity index (χ3n) is 15.9. The smallest absolute Gasteiger partial charge is 0.136 e. The zero-order valence-corrected chi connectivity index (χ0v) is 44.7. The van der Waals surface area contributed by atoms with E-state index in [0.29, 0.717) is 0 Å². The van der Waals surface area contributed by atoms with Gasteiger partial charge in [-0.05, 0) is 153 Å². The maximum Gasteiger partial charge on any atom is 0.136 e. The first kappa shape index (κ1) is 48.2. The molecule has 15 rings (SSSR count). The second kappa shape index (κ2) is 20.7. The molecular formula is C78H52N2O2. The first-order valence-electron chi connectivity index (χ1n) is 27.9. The summed E-state index contributed by atoms with van der Waals surface area (Å²) in [7, 11) is 0. The Labute approximate surface area is 476 Å². The molecule has 0 spiro atoms. The fourth-order valence-corrected chi connectivity index (χ4v) is 11.8. The molecule has 2 heterocycles. The van der Waals surface area contributed by atoms with Gasteiger partial charge < -0.3 is 18.6 Å². The van der Waals surface area contributed by atoms with Crippen molar-refractivity contribution in [3.63, 3.8) is 0 Å². The van der Waals surface area contributed by atoms with Crippen LogP contribution in [-0.2, 0) is 0 Å². The van der Waals surface area contributed by atoms with Crippen LogP contribution < -0.4 is 9.80 Å². The van der Waals surface area contributed by atoms with Gasteiger partial charge in [0.2, 0.25) is 0 Å². The van der Waals surface area contributed by atoms with Crippen LogP contribution in [0.2, 0.25) is 0 Å². The summed E-state index contributed by atoms with van der Waals surface area (Å²) in [5.41, 5.74) is 22.6. The van der Waals surface area contributed by atoms with Crippen molar-refractivity contribution in [1.29, 1.82) is 0 Å². The predicted octanol–water partition coefficient (Wildman–Crippen LogP) is 22.4. The number of hydrogen-bond donors (Lipinski definition) is 0. The molecule has 0 saturated carbocycles. The standard InChI is InChI=1S/C78H52N2O2/c1-5-17-53(18-6-1)57-29-39-63(40-30-57)79(64-41-31-58(32-42-64)54-19-7-2-8-20-54)73-52-74(80(65-43-33-59(34-44-65)55-21-9-3-10-22-55)66-45-35-60(36-46-66)56-23-11-4-12-24-56)72(62-38-48-70-68-26-14-16-28-76(68)82-78(70)50-62)51-71(73)61-37-47-69-67-25-13-15-27-75(67)81-77(69)49-61/h1-52H. The van der Waals surface area contributed by atoms with Gasteiger partial charge in [-0.2, -0.15) is 0 Å². The van der Waals surface area contributed by atoms with Crippen LogP contribution >= 0.6 is 0 Å². The van der Waals surface area contributed by atoms with Gasteiger partial charge in [0, 0.05) is 55.4 Å². The molecule has 0 aliphatic carbocycles. The maximum atomic E-state index is 6.71. The second-order valence-electron chi connectivity index (χ2n) is 20.8. The summed E-state index contributed by atoms with van der Waals surface area (Å²) >= 11 is 0. The molecular weight excluding hydrogens is 997 g/mol. The Morgan fingerprint density at radius 2 is 0.439 bits per heavy atom. The molecule has 15 aromatic rings. The minimum atomic E-state index is 0.823. The molecule has 13 aromatic carbocycles. The number of anilines is 6. The van der Waals surface area contributed by atoms with Crippen molar-refractivity contribution in [3.05, 3.63) is 315 Å². The summed E-state index contributed by atoms with van der Waals surface area (Å²) in [5.74, 6) is 0. The molecule has 0 radical (unpaired) electrons. The zero-order chi connectivity index (χ0) is 54.3. The van der Waals surface area contributed by atoms with E-state index in [9.17, 15) is 0 Å². The zero-order valence-electron chi connectivity index (χ0n) is 44.7. The molecule has 0 N–H and O–H groups in total. The van der Waals surface area contributed by atoms with Crippen LogP contribution in [0.1, 0.15) is 0 Å². The predicted molar refractivity (Wildman–Crippen MR) is 343 cm³/mol. The van der Waals surface area contributed by atoms with Crippen LogP contribution in [0.25, 0.3) is 111 Å². The molecule has 82 heavy (non-hydrogen) atoms. The first-order chi connectivity index (χ1) is 40.6. The molecule has 4 nitrogen and oxygen atoms in total. The normalized spacial score (nSPS) is 11.4. The highest BCUT2D eigenvalue weighted by molar-refractivity contribution is 6.09. The van der Waals surface area contributed by atoms with Gasteiger partial charge in [-0.3, -0.25) is 0 Å². The Morgan fingerprint density at radius 1 is 0.183 bits per heavy atom. The van der Waals surface area contributed by atoms with Crippen molar-refractivity contribution in [2.24, 2.45) is 0 Å². The number of hydrogen-bond acceptors (Lipinski definition) is 4. The molecule has 0 atom stereocenters. The highest BCUT2D eigenvalue weighted by Crippen LogP contribution is 2.51.